The molecule has 2 aromatic rings. The van der Waals surface area contributed by atoms with Gasteiger partial charge in [0.25, 0.3) is 0 Å². The SMILES string of the molecule is COc1ccc(Br)c(-n2cc(CCBr)nn2)c1. The summed E-state index contributed by atoms with van der Waals surface area (Å²) in [6.45, 7) is 0. The minimum Gasteiger partial charge on any atom is -0.497 e. The van der Waals surface area contributed by atoms with Crippen LogP contribution in [0.5, 0.6) is 5.75 Å². The average Bonchev–Trinajstić information content (AvgIpc) is 2.79. The lowest BCUT2D eigenvalue weighted by Crippen LogP contribution is -1.97. The van der Waals surface area contributed by atoms with E-state index < -0.39 is 0 Å². The van der Waals surface area contributed by atoms with E-state index in [0.29, 0.717) is 0 Å². The molecule has 0 N–H and O–H groups in total. The fraction of sp³-hybridized carbons (Fsp3) is 0.273. The first-order valence-corrected chi connectivity index (χ1v) is 6.97. The highest BCUT2D eigenvalue weighted by Gasteiger charge is 2.07. The van der Waals surface area contributed by atoms with Gasteiger partial charge in [0.05, 0.1) is 24.7 Å². The zero-order valence-electron chi connectivity index (χ0n) is 9.23. The van der Waals surface area contributed by atoms with Gasteiger partial charge in [-0.3, -0.25) is 0 Å². The van der Waals surface area contributed by atoms with Gasteiger partial charge in [0, 0.05) is 22.3 Å². The predicted molar refractivity (Wildman–Crippen MR) is 73.1 cm³/mol. The van der Waals surface area contributed by atoms with E-state index in [-0.39, 0.29) is 0 Å². The maximum Gasteiger partial charge on any atom is 0.121 e. The van der Waals surface area contributed by atoms with Gasteiger partial charge in [-0.05, 0) is 28.1 Å². The maximum absolute atomic E-state index is 5.20. The summed E-state index contributed by atoms with van der Waals surface area (Å²) in [6.07, 6.45) is 2.78. The van der Waals surface area contributed by atoms with Crippen LogP contribution in [0, 0.1) is 0 Å². The highest BCUT2D eigenvalue weighted by Crippen LogP contribution is 2.25. The summed E-state index contributed by atoms with van der Waals surface area (Å²) in [6, 6.07) is 5.74. The molecule has 0 aliphatic carbocycles. The molecule has 1 heterocycles. The van der Waals surface area contributed by atoms with Gasteiger partial charge in [-0.25, -0.2) is 4.68 Å². The van der Waals surface area contributed by atoms with E-state index >= 15 is 0 Å². The van der Waals surface area contributed by atoms with Crippen molar-refractivity contribution in [1.82, 2.24) is 15.0 Å². The molecule has 1 aromatic heterocycles. The van der Waals surface area contributed by atoms with Crippen molar-refractivity contribution in [2.45, 2.75) is 6.42 Å². The van der Waals surface area contributed by atoms with Crippen molar-refractivity contribution in [3.63, 3.8) is 0 Å². The molecule has 17 heavy (non-hydrogen) atoms. The van der Waals surface area contributed by atoms with Crippen molar-refractivity contribution in [3.05, 3.63) is 34.6 Å². The Morgan fingerprint density at radius 1 is 1.41 bits per heavy atom. The normalized spacial score (nSPS) is 10.5. The van der Waals surface area contributed by atoms with Crippen LogP contribution in [-0.2, 0) is 6.42 Å². The first-order chi connectivity index (χ1) is 8.24. The quantitative estimate of drug-likeness (QED) is 0.787. The number of rotatable bonds is 4. The largest absolute Gasteiger partial charge is 0.497 e. The fourth-order valence-corrected chi connectivity index (χ4v) is 2.26. The Bertz CT molecular complexity index is 513. The molecule has 0 bridgehead atoms. The Labute approximate surface area is 116 Å². The molecule has 0 amide bonds. The molecule has 0 unspecified atom stereocenters. The first-order valence-electron chi connectivity index (χ1n) is 5.05. The number of halogens is 2. The number of ether oxygens (including phenoxy) is 1. The van der Waals surface area contributed by atoms with E-state index in [1.165, 1.54) is 0 Å². The lowest BCUT2D eigenvalue weighted by molar-refractivity contribution is 0.414. The summed E-state index contributed by atoms with van der Waals surface area (Å²) in [4.78, 5) is 0. The number of aromatic nitrogens is 3. The van der Waals surface area contributed by atoms with Gasteiger partial charge in [-0.15, -0.1) is 5.10 Å². The third kappa shape index (κ3) is 2.87. The van der Waals surface area contributed by atoms with E-state index in [9.17, 15) is 0 Å². The Morgan fingerprint density at radius 3 is 2.94 bits per heavy atom. The van der Waals surface area contributed by atoms with Crippen molar-refractivity contribution in [1.29, 1.82) is 0 Å². The minimum atomic E-state index is 0.792. The number of nitrogens with zero attached hydrogens (tertiary/aromatic N) is 3. The van der Waals surface area contributed by atoms with Crippen LogP contribution in [0.2, 0.25) is 0 Å². The van der Waals surface area contributed by atoms with Crippen LogP contribution in [0.3, 0.4) is 0 Å². The van der Waals surface area contributed by atoms with E-state index in [1.807, 2.05) is 24.4 Å². The molecule has 2 rings (SSSR count). The second kappa shape index (κ2) is 5.64. The van der Waals surface area contributed by atoms with Crippen molar-refractivity contribution in [2.75, 3.05) is 12.4 Å². The second-order valence-electron chi connectivity index (χ2n) is 3.41. The number of hydrogen-bond donors (Lipinski definition) is 0. The van der Waals surface area contributed by atoms with Gasteiger partial charge < -0.3 is 4.74 Å². The lowest BCUT2D eigenvalue weighted by Gasteiger charge is -2.06. The van der Waals surface area contributed by atoms with E-state index in [2.05, 4.69) is 42.2 Å². The van der Waals surface area contributed by atoms with Gasteiger partial charge in [-0.1, -0.05) is 21.1 Å². The topological polar surface area (TPSA) is 39.9 Å². The van der Waals surface area contributed by atoms with Crippen molar-refractivity contribution in [3.8, 4) is 11.4 Å². The molecule has 0 radical (unpaired) electrons. The van der Waals surface area contributed by atoms with Crippen LogP contribution in [0.4, 0.5) is 0 Å². The van der Waals surface area contributed by atoms with Crippen LogP contribution >= 0.6 is 31.9 Å². The molecule has 0 aliphatic heterocycles. The van der Waals surface area contributed by atoms with Crippen molar-refractivity contribution >= 4 is 31.9 Å². The summed E-state index contributed by atoms with van der Waals surface area (Å²) >= 11 is 6.87. The molecule has 4 nitrogen and oxygen atoms in total. The Kier molecular flexibility index (Phi) is 4.17. The standard InChI is InChI=1S/C11H11Br2N3O/c1-17-9-2-3-10(13)11(6-9)16-7-8(4-5-12)14-15-16/h2-3,6-7H,4-5H2,1H3. The summed E-state index contributed by atoms with van der Waals surface area (Å²) in [5, 5.41) is 9.08. The lowest BCUT2D eigenvalue weighted by atomic mass is 10.3. The summed E-state index contributed by atoms with van der Waals surface area (Å²) in [7, 11) is 1.64. The van der Waals surface area contributed by atoms with Gasteiger partial charge >= 0.3 is 0 Å². The Hall–Kier alpha value is -0.880. The smallest absolute Gasteiger partial charge is 0.121 e. The Balaban J connectivity index is 2.37. The maximum atomic E-state index is 5.20. The van der Waals surface area contributed by atoms with Crippen LogP contribution in [-0.4, -0.2) is 27.4 Å². The summed E-state index contributed by atoms with van der Waals surface area (Å²) in [5.74, 6) is 0.792. The zero-order valence-corrected chi connectivity index (χ0v) is 12.4. The van der Waals surface area contributed by atoms with E-state index in [4.69, 9.17) is 4.74 Å². The molecule has 6 heteroatoms. The third-order valence-corrected chi connectivity index (χ3v) is 3.36. The van der Waals surface area contributed by atoms with Crippen molar-refractivity contribution < 1.29 is 4.74 Å². The van der Waals surface area contributed by atoms with Gasteiger partial charge in [0.1, 0.15) is 5.75 Å². The fourth-order valence-electron chi connectivity index (χ4n) is 1.42. The molecule has 0 fully saturated rings. The molecule has 0 spiro atoms. The third-order valence-electron chi connectivity index (χ3n) is 2.29. The number of hydrogen-bond acceptors (Lipinski definition) is 3. The van der Waals surface area contributed by atoms with Crippen LogP contribution in [0.1, 0.15) is 5.69 Å². The molecule has 90 valence electrons. The molecule has 0 saturated carbocycles. The van der Waals surface area contributed by atoms with E-state index in [0.717, 1.165) is 33.4 Å². The van der Waals surface area contributed by atoms with Gasteiger partial charge in [-0.2, -0.15) is 0 Å². The first kappa shape index (κ1) is 12.6. The minimum absolute atomic E-state index is 0.792. The predicted octanol–water partition coefficient (Wildman–Crippen LogP) is 2.98. The van der Waals surface area contributed by atoms with Gasteiger partial charge in [0.15, 0.2) is 0 Å². The average molecular weight is 361 g/mol. The van der Waals surface area contributed by atoms with Crippen molar-refractivity contribution in [2.24, 2.45) is 0 Å². The number of benzene rings is 1. The van der Waals surface area contributed by atoms with E-state index in [1.54, 1.807) is 11.8 Å². The molecule has 0 aliphatic rings. The highest BCUT2D eigenvalue weighted by atomic mass is 79.9. The molecule has 0 saturated heterocycles. The number of aryl methyl sites for hydroxylation is 1. The number of alkyl halides is 1. The van der Waals surface area contributed by atoms with Crippen LogP contribution in [0.15, 0.2) is 28.9 Å². The summed E-state index contributed by atoms with van der Waals surface area (Å²) < 4.78 is 7.89. The number of methoxy groups -OCH3 is 1. The Morgan fingerprint density at radius 2 is 2.24 bits per heavy atom. The van der Waals surface area contributed by atoms with Gasteiger partial charge in [0.2, 0.25) is 0 Å². The highest BCUT2D eigenvalue weighted by molar-refractivity contribution is 9.10. The van der Waals surface area contributed by atoms with Crippen LogP contribution < -0.4 is 4.74 Å². The molecular formula is C11H11Br2N3O. The molecule has 1 aromatic carbocycles. The zero-order chi connectivity index (χ0) is 12.3. The monoisotopic (exact) mass is 359 g/mol. The summed E-state index contributed by atoms with van der Waals surface area (Å²) in [5.41, 5.74) is 1.87. The second-order valence-corrected chi connectivity index (χ2v) is 5.06. The molecule has 0 atom stereocenters. The van der Waals surface area contributed by atoms with Crippen LogP contribution in [0.25, 0.3) is 5.69 Å². The molecular weight excluding hydrogens is 350 g/mol.